The second-order valence-corrected chi connectivity index (χ2v) is 7.10. The minimum Gasteiger partial charge on any atom is -0.370 e. The molecule has 0 saturated carbocycles. The lowest BCUT2D eigenvalue weighted by Crippen LogP contribution is -2.36. The first-order valence-electron chi connectivity index (χ1n) is 7.10. The van der Waals surface area contributed by atoms with Gasteiger partial charge in [0.1, 0.15) is 5.69 Å². The molecule has 0 aliphatic heterocycles. The van der Waals surface area contributed by atoms with Crippen LogP contribution in [0.25, 0.3) is 10.9 Å². The molecule has 0 aliphatic carbocycles. The Morgan fingerprint density at radius 1 is 1.38 bits per heavy atom. The highest BCUT2D eigenvalue weighted by Crippen LogP contribution is 2.37. The molecule has 1 amide bonds. The zero-order valence-electron chi connectivity index (χ0n) is 13.4. The van der Waals surface area contributed by atoms with E-state index in [1.807, 2.05) is 5.32 Å². The van der Waals surface area contributed by atoms with Gasteiger partial charge in [0.2, 0.25) is 0 Å². The van der Waals surface area contributed by atoms with Gasteiger partial charge in [0.15, 0.2) is 5.96 Å². The third kappa shape index (κ3) is 4.14. The molecule has 0 unspecified atom stereocenters. The molecule has 0 spiro atoms. The van der Waals surface area contributed by atoms with Gasteiger partial charge in [-0.15, -0.1) is 0 Å². The lowest BCUT2D eigenvalue weighted by atomic mass is 10.0. The molecule has 12 heteroatoms. The van der Waals surface area contributed by atoms with Gasteiger partial charge in [-0.1, -0.05) is 6.07 Å². The Labute approximate surface area is 146 Å². The molecule has 0 bridgehead atoms. The number of hydrogen-bond acceptors (Lipinski definition) is 4. The summed E-state index contributed by atoms with van der Waals surface area (Å²) in [6.07, 6.45) is -4.95. The van der Waals surface area contributed by atoms with Crippen LogP contribution in [0.4, 0.5) is 13.2 Å². The summed E-state index contributed by atoms with van der Waals surface area (Å²) in [5, 5.41) is 8.73. The number of carbonyl (C=O) groups is 1. The highest BCUT2D eigenvalue weighted by atomic mass is 32.2. The van der Waals surface area contributed by atoms with Crippen molar-refractivity contribution in [3.8, 4) is 0 Å². The van der Waals surface area contributed by atoms with Crippen LogP contribution in [0.3, 0.4) is 0 Å². The molecule has 8 nitrogen and oxygen atoms in total. The van der Waals surface area contributed by atoms with Gasteiger partial charge >= 0.3 is 6.18 Å². The average molecular weight is 392 g/mol. The minimum absolute atomic E-state index is 0.00261. The SMILES string of the molecule is Cn1c(C(=O)NC(=N)N)cc2c(C(F)(F)F)ccc(CCS(=O)(=O)O)c21. The Balaban J connectivity index is 2.70. The van der Waals surface area contributed by atoms with Crippen molar-refractivity contribution in [1.29, 1.82) is 5.41 Å². The van der Waals surface area contributed by atoms with Gasteiger partial charge in [-0.25, -0.2) is 0 Å². The molecule has 1 heterocycles. The smallest absolute Gasteiger partial charge is 0.370 e. The maximum absolute atomic E-state index is 13.3. The van der Waals surface area contributed by atoms with Crippen molar-refractivity contribution in [3.05, 3.63) is 35.0 Å². The van der Waals surface area contributed by atoms with Crippen molar-refractivity contribution in [3.63, 3.8) is 0 Å². The van der Waals surface area contributed by atoms with E-state index < -0.39 is 39.5 Å². The number of nitrogens with one attached hydrogen (secondary N) is 2. The summed E-state index contributed by atoms with van der Waals surface area (Å²) >= 11 is 0. The van der Waals surface area contributed by atoms with Crippen molar-refractivity contribution in [1.82, 2.24) is 9.88 Å². The van der Waals surface area contributed by atoms with Gasteiger partial charge in [-0.3, -0.25) is 20.1 Å². The van der Waals surface area contributed by atoms with Crippen molar-refractivity contribution in [2.75, 3.05) is 5.75 Å². The molecule has 142 valence electrons. The summed E-state index contributed by atoms with van der Waals surface area (Å²) in [4.78, 5) is 12.1. The first-order valence-corrected chi connectivity index (χ1v) is 8.71. The summed E-state index contributed by atoms with van der Waals surface area (Å²) < 4.78 is 71.8. The van der Waals surface area contributed by atoms with Crippen LogP contribution in [-0.2, 0) is 29.8 Å². The van der Waals surface area contributed by atoms with E-state index in [0.717, 1.165) is 22.8 Å². The van der Waals surface area contributed by atoms with E-state index in [0.29, 0.717) is 0 Å². The Morgan fingerprint density at radius 3 is 2.50 bits per heavy atom. The number of rotatable bonds is 4. The maximum atomic E-state index is 13.3. The summed E-state index contributed by atoms with van der Waals surface area (Å²) in [6, 6.07) is 2.88. The molecule has 0 saturated heterocycles. The van der Waals surface area contributed by atoms with Gasteiger partial charge in [-0.2, -0.15) is 21.6 Å². The molecule has 1 aromatic heterocycles. The number of hydrogen-bond donors (Lipinski definition) is 4. The number of aryl methyl sites for hydroxylation is 2. The van der Waals surface area contributed by atoms with E-state index >= 15 is 0 Å². The largest absolute Gasteiger partial charge is 0.417 e. The summed E-state index contributed by atoms with van der Waals surface area (Å²) in [5.41, 5.74) is 4.07. The first kappa shape index (κ1) is 19.7. The molecule has 0 aliphatic rings. The monoisotopic (exact) mass is 392 g/mol. The van der Waals surface area contributed by atoms with Crippen molar-refractivity contribution in [2.24, 2.45) is 12.8 Å². The van der Waals surface area contributed by atoms with Crippen LogP contribution in [-0.4, -0.2) is 35.2 Å². The first-order chi connectivity index (χ1) is 11.8. The number of halogens is 3. The maximum Gasteiger partial charge on any atom is 0.417 e. The molecule has 26 heavy (non-hydrogen) atoms. The molecular weight excluding hydrogens is 377 g/mol. The molecule has 5 N–H and O–H groups in total. The Kier molecular flexibility index (Phi) is 5.01. The normalized spacial score (nSPS) is 12.3. The molecule has 2 aromatic rings. The highest BCUT2D eigenvalue weighted by molar-refractivity contribution is 7.85. The fourth-order valence-corrected chi connectivity index (χ4v) is 3.12. The van der Waals surface area contributed by atoms with E-state index in [9.17, 15) is 26.4 Å². The number of amides is 1. The molecule has 0 radical (unpaired) electrons. The predicted molar refractivity (Wildman–Crippen MR) is 87.4 cm³/mol. The van der Waals surface area contributed by atoms with Gasteiger partial charge in [0, 0.05) is 12.4 Å². The number of aromatic nitrogens is 1. The highest BCUT2D eigenvalue weighted by Gasteiger charge is 2.34. The second kappa shape index (κ2) is 6.61. The number of benzene rings is 1. The second-order valence-electron chi connectivity index (χ2n) is 5.52. The van der Waals surface area contributed by atoms with Crippen molar-refractivity contribution < 1.29 is 30.9 Å². The van der Waals surface area contributed by atoms with Crippen LogP contribution in [0.2, 0.25) is 0 Å². The van der Waals surface area contributed by atoms with Gasteiger partial charge < -0.3 is 10.3 Å². The van der Waals surface area contributed by atoms with E-state index in [1.54, 1.807) is 0 Å². The van der Waals surface area contributed by atoms with Crippen LogP contribution in [0.15, 0.2) is 18.2 Å². The molecule has 2 rings (SSSR count). The zero-order chi connectivity index (χ0) is 19.9. The molecule has 0 fully saturated rings. The average Bonchev–Trinajstić information content (AvgIpc) is 2.80. The number of nitrogens with zero attached hydrogens (tertiary/aromatic N) is 1. The quantitative estimate of drug-likeness (QED) is 0.352. The molecule has 1 aromatic carbocycles. The molecule has 0 atom stereocenters. The van der Waals surface area contributed by atoms with Crippen LogP contribution < -0.4 is 11.1 Å². The summed E-state index contributed by atoms with van der Waals surface area (Å²) in [7, 11) is -3.00. The number of guanidine groups is 1. The fourth-order valence-electron chi connectivity index (χ4n) is 2.64. The Bertz CT molecular complexity index is 996. The van der Waals surface area contributed by atoms with Crippen molar-refractivity contribution in [2.45, 2.75) is 12.6 Å². The van der Waals surface area contributed by atoms with Crippen LogP contribution in [0.5, 0.6) is 0 Å². The third-order valence-electron chi connectivity index (χ3n) is 3.69. The van der Waals surface area contributed by atoms with Crippen LogP contribution in [0.1, 0.15) is 21.6 Å². The van der Waals surface area contributed by atoms with Gasteiger partial charge in [0.05, 0.1) is 16.8 Å². The molecular formula is C14H15F3N4O4S. The van der Waals surface area contributed by atoms with Crippen LogP contribution in [0, 0.1) is 5.41 Å². The van der Waals surface area contributed by atoms with Crippen molar-refractivity contribution >= 4 is 32.9 Å². The fraction of sp³-hybridized carbons (Fsp3) is 0.286. The lowest BCUT2D eigenvalue weighted by molar-refractivity contribution is -0.136. The van der Waals surface area contributed by atoms with E-state index in [1.165, 1.54) is 7.05 Å². The van der Waals surface area contributed by atoms with E-state index in [-0.39, 0.29) is 28.6 Å². The standard InChI is InChI=1S/C14H15F3N4O4S/c1-21-10(12(22)20-13(18)19)6-8-9(14(15,16)17)3-2-7(11(8)21)4-5-26(23,24)25/h2-3,6H,4-5H2,1H3,(H,23,24,25)(H4,18,19,20,22). The van der Waals surface area contributed by atoms with E-state index in [2.05, 4.69) is 0 Å². The number of fused-ring (bicyclic) bond motifs is 1. The minimum atomic E-state index is -4.70. The topological polar surface area (TPSA) is 138 Å². The third-order valence-corrected chi connectivity index (χ3v) is 4.41. The zero-order valence-corrected chi connectivity index (χ0v) is 14.2. The summed E-state index contributed by atoms with van der Waals surface area (Å²) in [6.45, 7) is 0. The number of nitrogens with two attached hydrogens (primary N) is 1. The lowest BCUT2D eigenvalue weighted by Gasteiger charge is -2.12. The predicted octanol–water partition coefficient (Wildman–Crippen LogP) is 1.25. The Morgan fingerprint density at radius 2 is 2.00 bits per heavy atom. The van der Waals surface area contributed by atoms with Gasteiger partial charge in [0.25, 0.3) is 16.0 Å². The van der Waals surface area contributed by atoms with Gasteiger partial charge in [-0.05, 0) is 24.1 Å². The number of alkyl halides is 3. The van der Waals surface area contributed by atoms with E-state index in [4.69, 9.17) is 15.7 Å². The summed E-state index contributed by atoms with van der Waals surface area (Å²) in [5.74, 6) is -2.25. The number of carbonyl (C=O) groups excluding carboxylic acids is 1. The Hall–Kier alpha value is -2.60. The van der Waals surface area contributed by atoms with Crippen LogP contribution >= 0.6 is 0 Å².